The van der Waals surface area contributed by atoms with Gasteiger partial charge in [0.05, 0.1) is 0 Å². The quantitative estimate of drug-likeness (QED) is 0.761. The van der Waals surface area contributed by atoms with Crippen molar-refractivity contribution in [2.45, 2.75) is 65.2 Å². The predicted octanol–water partition coefficient (Wildman–Crippen LogP) is 4.98. The lowest BCUT2D eigenvalue weighted by molar-refractivity contribution is 0.410. The fourth-order valence-corrected chi connectivity index (χ4v) is 2.21. The minimum absolute atomic E-state index is 0.0605. The molecule has 0 spiro atoms. The van der Waals surface area contributed by atoms with Gasteiger partial charge in [-0.25, -0.2) is 0 Å². The molecule has 0 heterocycles. The van der Waals surface area contributed by atoms with Crippen molar-refractivity contribution in [2.24, 2.45) is 0 Å². The van der Waals surface area contributed by atoms with E-state index in [1.807, 2.05) is 12.1 Å². The molecule has 0 amide bonds. The van der Waals surface area contributed by atoms with Crippen LogP contribution in [-0.2, 0) is 5.41 Å². The van der Waals surface area contributed by atoms with Crippen molar-refractivity contribution in [3.63, 3.8) is 0 Å². The molecule has 0 aliphatic heterocycles. The Bertz CT molecular complexity index is 364. The van der Waals surface area contributed by atoms with E-state index >= 15 is 0 Å². The van der Waals surface area contributed by atoms with Crippen molar-refractivity contribution in [1.82, 2.24) is 0 Å². The van der Waals surface area contributed by atoms with Gasteiger partial charge in [-0.05, 0) is 34.9 Å². The van der Waals surface area contributed by atoms with Gasteiger partial charge in [-0.15, -0.1) is 0 Å². The van der Waals surface area contributed by atoms with Crippen LogP contribution < -0.4 is 0 Å². The van der Waals surface area contributed by atoms with E-state index in [1.165, 1.54) is 18.4 Å². The zero-order valence-corrected chi connectivity index (χ0v) is 11.9. The molecule has 0 saturated carbocycles. The normalized spacial score (nSPS) is 12.1. The molecule has 0 saturated heterocycles. The van der Waals surface area contributed by atoms with Crippen molar-refractivity contribution in [3.8, 4) is 5.75 Å². The monoisotopic (exact) mass is 234 g/mol. The van der Waals surface area contributed by atoms with E-state index in [4.69, 9.17) is 0 Å². The molecule has 0 aliphatic rings. The van der Waals surface area contributed by atoms with Crippen LogP contribution >= 0.6 is 0 Å². The van der Waals surface area contributed by atoms with Crippen LogP contribution in [0, 0.1) is 0 Å². The highest BCUT2D eigenvalue weighted by Crippen LogP contribution is 2.36. The Hall–Kier alpha value is -0.980. The molecule has 0 fully saturated rings. The van der Waals surface area contributed by atoms with Crippen LogP contribution in [0.2, 0.25) is 0 Å². The van der Waals surface area contributed by atoms with Gasteiger partial charge in [-0.3, -0.25) is 0 Å². The second kappa shape index (κ2) is 5.57. The third kappa shape index (κ3) is 3.49. The van der Waals surface area contributed by atoms with Crippen LogP contribution in [0.1, 0.15) is 70.9 Å². The van der Waals surface area contributed by atoms with E-state index in [-0.39, 0.29) is 5.41 Å². The average Bonchev–Trinajstić information content (AvgIpc) is 2.26. The van der Waals surface area contributed by atoms with Gasteiger partial charge in [0.15, 0.2) is 0 Å². The highest BCUT2D eigenvalue weighted by Gasteiger charge is 2.23. The summed E-state index contributed by atoms with van der Waals surface area (Å²) in [4.78, 5) is 0. The Morgan fingerprint density at radius 1 is 1.24 bits per heavy atom. The van der Waals surface area contributed by atoms with Gasteiger partial charge < -0.3 is 5.11 Å². The molecule has 1 heteroatoms. The molecule has 17 heavy (non-hydrogen) atoms. The molecular weight excluding hydrogens is 208 g/mol. The highest BCUT2D eigenvalue weighted by atomic mass is 16.3. The van der Waals surface area contributed by atoms with Crippen LogP contribution in [0.5, 0.6) is 5.75 Å². The van der Waals surface area contributed by atoms with Crippen molar-refractivity contribution >= 4 is 0 Å². The number of phenolic OH excluding ortho intramolecular Hbond substituents is 1. The van der Waals surface area contributed by atoms with Crippen molar-refractivity contribution in [1.29, 1.82) is 0 Å². The lowest BCUT2D eigenvalue weighted by atomic mass is 9.78. The van der Waals surface area contributed by atoms with Crippen molar-refractivity contribution < 1.29 is 5.11 Å². The summed E-state index contributed by atoms with van der Waals surface area (Å²) in [6, 6.07) is 6.05. The lowest BCUT2D eigenvalue weighted by Gasteiger charge is -2.27. The number of hydrogen-bond acceptors (Lipinski definition) is 1. The summed E-state index contributed by atoms with van der Waals surface area (Å²) in [6.07, 6.45) is 3.53. The third-order valence-corrected chi connectivity index (χ3v) is 3.57. The van der Waals surface area contributed by atoms with Crippen LogP contribution in [0.15, 0.2) is 18.2 Å². The SMILES string of the molecule is CCCCC(C)(C)c1cc(C(C)C)ccc1O. The van der Waals surface area contributed by atoms with Crippen LogP contribution in [-0.4, -0.2) is 5.11 Å². The predicted molar refractivity (Wildman–Crippen MR) is 74.7 cm³/mol. The summed E-state index contributed by atoms with van der Waals surface area (Å²) in [7, 11) is 0. The molecule has 0 aliphatic carbocycles. The maximum Gasteiger partial charge on any atom is 0.119 e. The highest BCUT2D eigenvalue weighted by molar-refractivity contribution is 5.41. The summed E-state index contributed by atoms with van der Waals surface area (Å²) in [5.41, 5.74) is 2.46. The molecule has 0 aromatic heterocycles. The molecule has 96 valence electrons. The summed E-state index contributed by atoms with van der Waals surface area (Å²) in [6.45, 7) is 11.0. The molecule has 1 aromatic carbocycles. The first-order chi connectivity index (χ1) is 7.88. The fraction of sp³-hybridized carbons (Fsp3) is 0.625. The standard InChI is InChI=1S/C16H26O/c1-6-7-10-16(4,5)14-11-13(12(2)3)8-9-15(14)17/h8-9,11-12,17H,6-7,10H2,1-5H3. The minimum Gasteiger partial charge on any atom is -0.508 e. The first-order valence-corrected chi connectivity index (χ1v) is 6.72. The third-order valence-electron chi connectivity index (χ3n) is 3.57. The van der Waals surface area contributed by atoms with Gasteiger partial charge in [-0.1, -0.05) is 59.6 Å². The van der Waals surface area contributed by atoms with E-state index in [0.717, 1.165) is 12.0 Å². The number of aromatic hydroxyl groups is 1. The number of benzene rings is 1. The summed E-state index contributed by atoms with van der Waals surface area (Å²) in [5, 5.41) is 10.1. The molecule has 0 radical (unpaired) electrons. The molecule has 0 unspecified atom stereocenters. The number of hydrogen-bond donors (Lipinski definition) is 1. The molecule has 0 bridgehead atoms. The minimum atomic E-state index is 0.0605. The van der Waals surface area contributed by atoms with E-state index in [1.54, 1.807) is 0 Å². The first-order valence-electron chi connectivity index (χ1n) is 6.72. The van der Waals surface area contributed by atoms with E-state index in [2.05, 4.69) is 40.7 Å². The van der Waals surface area contributed by atoms with Gasteiger partial charge in [0.1, 0.15) is 5.75 Å². The Labute approximate surface area is 106 Å². The zero-order chi connectivity index (χ0) is 13.1. The fourth-order valence-electron chi connectivity index (χ4n) is 2.21. The second-order valence-electron chi connectivity index (χ2n) is 5.92. The smallest absolute Gasteiger partial charge is 0.119 e. The molecular formula is C16H26O. The summed E-state index contributed by atoms with van der Waals surface area (Å²) >= 11 is 0. The summed E-state index contributed by atoms with van der Waals surface area (Å²) < 4.78 is 0. The van der Waals surface area contributed by atoms with Gasteiger partial charge in [0, 0.05) is 0 Å². The zero-order valence-electron chi connectivity index (χ0n) is 11.9. The molecule has 1 N–H and O–H groups in total. The largest absolute Gasteiger partial charge is 0.508 e. The van der Waals surface area contributed by atoms with Crippen LogP contribution in [0.4, 0.5) is 0 Å². The Morgan fingerprint density at radius 3 is 2.41 bits per heavy atom. The van der Waals surface area contributed by atoms with Gasteiger partial charge >= 0.3 is 0 Å². The lowest BCUT2D eigenvalue weighted by Crippen LogP contribution is -2.17. The van der Waals surface area contributed by atoms with Crippen molar-refractivity contribution in [2.75, 3.05) is 0 Å². The maximum atomic E-state index is 10.1. The molecule has 1 nitrogen and oxygen atoms in total. The number of rotatable bonds is 5. The molecule has 1 aromatic rings. The molecule has 0 atom stereocenters. The Balaban J connectivity index is 3.06. The van der Waals surface area contributed by atoms with Gasteiger partial charge in [-0.2, -0.15) is 0 Å². The van der Waals surface area contributed by atoms with Crippen LogP contribution in [0.3, 0.4) is 0 Å². The van der Waals surface area contributed by atoms with Gasteiger partial charge in [0.2, 0.25) is 0 Å². The van der Waals surface area contributed by atoms with E-state index < -0.39 is 0 Å². The van der Waals surface area contributed by atoms with E-state index in [0.29, 0.717) is 11.7 Å². The van der Waals surface area contributed by atoms with Gasteiger partial charge in [0.25, 0.3) is 0 Å². The molecule has 1 rings (SSSR count). The average molecular weight is 234 g/mol. The maximum absolute atomic E-state index is 10.1. The van der Waals surface area contributed by atoms with Crippen LogP contribution in [0.25, 0.3) is 0 Å². The first kappa shape index (κ1) is 14.1. The Kier molecular flexibility index (Phi) is 4.62. The Morgan fingerprint density at radius 2 is 1.88 bits per heavy atom. The van der Waals surface area contributed by atoms with E-state index in [9.17, 15) is 5.11 Å². The topological polar surface area (TPSA) is 20.2 Å². The second-order valence-corrected chi connectivity index (χ2v) is 5.92. The summed E-state index contributed by atoms with van der Waals surface area (Å²) in [5.74, 6) is 0.951. The van der Waals surface area contributed by atoms with Crippen molar-refractivity contribution in [3.05, 3.63) is 29.3 Å². The number of unbranched alkanes of at least 4 members (excludes halogenated alkanes) is 1. The number of phenols is 1.